The third-order valence-corrected chi connectivity index (χ3v) is 5.49. The molecule has 0 aromatic heterocycles. The third kappa shape index (κ3) is 2.61. The number of ether oxygens (including phenoxy) is 2. The van der Waals surface area contributed by atoms with Crippen molar-refractivity contribution in [2.24, 2.45) is 0 Å². The number of rotatable bonds is 4. The van der Waals surface area contributed by atoms with Crippen molar-refractivity contribution < 1.29 is 17.9 Å². The van der Waals surface area contributed by atoms with Gasteiger partial charge in [0.15, 0.2) is 0 Å². The van der Waals surface area contributed by atoms with Crippen LogP contribution in [0.1, 0.15) is 25.8 Å². The third-order valence-electron chi connectivity index (χ3n) is 3.62. The Morgan fingerprint density at radius 1 is 1.30 bits per heavy atom. The van der Waals surface area contributed by atoms with Crippen molar-refractivity contribution in [1.29, 1.82) is 0 Å². The van der Waals surface area contributed by atoms with E-state index in [0.29, 0.717) is 6.42 Å². The molecule has 1 aliphatic heterocycles. The first kappa shape index (κ1) is 15.4. The van der Waals surface area contributed by atoms with Crippen molar-refractivity contribution >= 4 is 10.0 Å². The van der Waals surface area contributed by atoms with Gasteiger partial charge in [0.1, 0.15) is 0 Å². The first-order valence-electron chi connectivity index (χ1n) is 6.70. The average molecular weight is 299 g/mol. The Morgan fingerprint density at radius 2 is 1.90 bits per heavy atom. The van der Waals surface area contributed by atoms with E-state index >= 15 is 0 Å². The molecule has 0 spiro atoms. The zero-order valence-corrected chi connectivity index (χ0v) is 13.1. The van der Waals surface area contributed by atoms with E-state index in [4.69, 9.17) is 9.47 Å². The first-order valence-corrected chi connectivity index (χ1v) is 8.14. The van der Waals surface area contributed by atoms with Gasteiger partial charge >= 0.3 is 0 Å². The number of methoxy groups -OCH3 is 1. The highest BCUT2D eigenvalue weighted by Crippen LogP contribution is 2.32. The number of benzene rings is 1. The minimum absolute atomic E-state index is 0.190. The minimum atomic E-state index is -3.63. The summed E-state index contributed by atoms with van der Waals surface area (Å²) in [5.41, 5.74) is 1.02. The van der Waals surface area contributed by atoms with E-state index in [9.17, 15) is 8.42 Å². The summed E-state index contributed by atoms with van der Waals surface area (Å²) in [7, 11) is -2.18. The molecular weight excluding hydrogens is 278 g/mol. The monoisotopic (exact) mass is 299 g/mol. The van der Waals surface area contributed by atoms with E-state index in [0.717, 1.165) is 5.56 Å². The highest BCUT2D eigenvalue weighted by molar-refractivity contribution is 7.89. The first-order chi connectivity index (χ1) is 9.41. The van der Waals surface area contributed by atoms with Crippen LogP contribution in [-0.2, 0) is 19.5 Å². The van der Waals surface area contributed by atoms with Gasteiger partial charge < -0.3 is 9.47 Å². The van der Waals surface area contributed by atoms with E-state index < -0.39 is 16.4 Å². The quantitative estimate of drug-likeness (QED) is 0.854. The molecule has 1 saturated heterocycles. The van der Waals surface area contributed by atoms with Gasteiger partial charge in [-0.15, -0.1) is 4.31 Å². The molecule has 5 nitrogen and oxygen atoms in total. The Labute approximate surface area is 120 Å². The SMILES string of the molecule is CC[C@@H]1[C@@H](C)O[C@H](OC)N1S(=O)(=O)c1ccc(C)cc1. The van der Waals surface area contributed by atoms with Crippen molar-refractivity contribution in [3.05, 3.63) is 29.8 Å². The Hall–Kier alpha value is -0.950. The predicted molar refractivity (Wildman–Crippen MR) is 75.6 cm³/mol. The maximum Gasteiger partial charge on any atom is 0.247 e. The van der Waals surface area contributed by atoms with Gasteiger partial charge in [0.05, 0.1) is 17.0 Å². The van der Waals surface area contributed by atoms with E-state index in [2.05, 4.69) is 0 Å². The number of hydrogen-bond donors (Lipinski definition) is 0. The van der Waals surface area contributed by atoms with E-state index in [1.54, 1.807) is 24.3 Å². The molecule has 1 aromatic rings. The summed E-state index contributed by atoms with van der Waals surface area (Å²) in [4.78, 5) is 0.265. The Kier molecular flexibility index (Phi) is 4.49. The van der Waals surface area contributed by atoms with Crippen LogP contribution >= 0.6 is 0 Å². The molecule has 3 atom stereocenters. The van der Waals surface area contributed by atoms with Crippen LogP contribution in [0.3, 0.4) is 0 Å². The maximum atomic E-state index is 12.8. The van der Waals surface area contributed by atoms with Crippen molar-refractivity contribution in [2.45, 2.75) is 50.6 Å². The number of nitrogens with zero attached hydrogens (tertiary/aromatic N) is 1. The Balaban J connectivity index is 2.43. The van der Waals surface area contributed by atoms with Crippen molar-refractivity contribution in [3.63, 3.8) is 0 Å². The maximum absolute atomic E-state index is 12.8. The van der Waals surface area contributed by atoms with Crippen molar-refractivity contribution in [1.82, 2.24) is 4.31 Å². The molecule has 112 valence electrons. The summed E-state index contributed by atoms with van der Waals surface area (Å²) >= 11 is 0. The lowest BCUT2D eigenvalue weighted by Gasteiger charge is -2.26. The second-order valence-corrected chi connectivity index (χ2v) is 6.85. The van der Waals surface area contributed by atoms with Gasteiger partial charge in [-0.05, 0) is 32.4 Å². The summed E-state index contributed by atoms with van der Waals surface area (Å²) in [6, 6.07) is 6.60. The fourth-order valence-electron chi connectivity index (χ4n) is 2.49. The number of hydrogen-bond acceptors (Lipinski definition) is 4. The summed E-state index contributed by atoms with van der Waals surface area (Å²) in [5, 5.41) is 0. The zero-order valence-electron chi connectivity index (χ0n) is 12.2. The van der Waals surface area contributed by atoms with Gasteiger partial charge in [0.25, 0.3) is 0 Å². The fourth-order valence-corrected chi connectivity index (χ4v) is 4.26. The minimum Gasteiger partial charge on any atom is -0.342 e. The van der Waals surface area contributed by atoms with Crippen LogP contribution in [0.25, 0.3) is 0 Å². The van der Waals surface area contributed by atoms with Gasteiger partial charge in [-0.25, -0.2) is 8.42 Å². The molecule has 0 bridgehead atoms. The van der Waals surface area contributed by atoms with Crippen LogP contribution in [-0.4, -0.2) is 38.4 Å². The van der Waals surface area contributed by atoms with Crippen LogP contribution in [0.5, 0.6) is 0 Å². The summed E-state index contributed by atoms with van der Waals surface area (Å²) in [6.07, 6.45) is -0.377. The molecule has 0 aliphatic carbocycles. The average Bonchev–Trinajstić information content (AvgIpc) is 2.76. The highest BCUT2D eigenvalue weighted by atomic mass is 32.2. The summed E-state index contributed by atoms with van der Waals surface area (Å²) in [5.74, 6) is 0. The van der Waals surface area contributed by atoms with Crippen LogP contribution in [0, 0.1) is 6.92 Å². The molecule has 1 aromatic carbocycles. The van der Waals surface area contributed by atoms with E-state index in [-0.39, 0.29) is 17.0 Å². The molecule has 0 radical (unpaired) electrons. The predicted octanol–water partition coefficient (Wildman–Crippen LogP) is 2.11. The highest BCUT2D eigenvalue weighted by Gasteiger charge is 2.46. The normalized spacial score (nSPS) is 27.9. The van der Waals surface area contributed by atoms with E-state index in [1.807, 2.05) is 20.8 Å². The van der Waals surface area contributed by atoms with Crippen molar-refractivity contribution in [3.8, 4) is 0 Å². The lowest BCUT2D eigenvalue weighted by molar-refractivity contribution is -0.147. The van der Waals surface area contributed by atoms with Crippen LogP contribution in [0.15, 0.2) is 29.2 Å². The molecule has 6 heteroatoms. The van der Waals surface area contributed by atoms with Gasteiger partial charge in [-0.1, -0.05) is 24.6 Å². The van der Waals surface area contributed by atoms with Gasteiger partial charge in [0.2, 0.25) is 16.4 Å². The van der Waals surface area contributed by atoms with Crippen LogP contribution in [0.2, 0.25) is 0 Å². The molecule has 20 heavy (non-hydrogen) atoms. The van der Waals surface area contributed by atoms with Gasteiger partial charge in [-0.2, -0.15) is 0 Å². The van der Waals surface area contributed by atoms with Crippen LogP contribution in [0.4, 0.5) is 0 Å². The zero-order chi connectivity index (χ0) is 14.9. The number of sulfonamides is 1. The molecule has 1 aliphatic rings. The van der Waals surface area contributed by atoms with Gasteiger partial charge in [0, 0.05) is 7.11 Å². The molecule has 1 heterocycles. The molecule has 0 saturated carbocycles. The fraction of sp³-hybridized carbons (Fsp3) is 0.571. The Morgan fingerprint density at radius 3 is 2.40 bits per heavy atom. The second-order valence-electron chi connectivity index (χ2n) is 5.01. The standard InChI is InChI=1S/C14H21NO4S/c1-5-13-11(3)19-14(18-4)15(13)20(16,17)12-8-6-10(2)7-9-12/h6-9,11,13-14H,5H2,1-4H3/t11-,13-,14+/m1/s1. The molecule has 0 unspecified atom stereocenters. The lowest BCUT2D eigenvalue weighted by Crippen LogP contribution is -2.43. The number of aryl methyl sites for hydroxylation is 1. The molecular formula is C14H21NO4S. The summed E-state index contributed by atoms with van der Waals surface area (Å²) in [6.45, 7) is 5.73. The molecule has 0 N–H and O–H groups in total. The Bertz CT molecular complexity index is 555. The van der Waals surface area contributed by atoms with Crippen molar-refractivity contribution in [2.75, 3.05) is 7.11 Å². The molecule has 2 rings (SSSR count). The summed E-state index contributed by atoms with van der Waals surface area (Å²) < 4.78 is 37.7. The van der Waals surface area contributed by atoms with Gasteiger partial charge in [-0.3, -0.25) is 0 Å². The van der Waals surface area contributed by atoms with Crippen LogP contribution < -0.4 is 0 Å². The van der Waals surface area contributed by atoms with E-state index in [1.165, 1.54) is 11.4 Å². The lowest BCUT2D eigenvalue weighted by atomic mass is 10.1. The molecule has 0 amide bonds. The molecule has 1 fully saturated rings. The largest absolute Gasteiger partial charge is 0.342 e. The second kappa shape index (κ2) is 5.81. The topological polar surface area (TPSA) is 55.8 Å². The smallest absolute Gasteiger partial charge is 0.247 e.